The van der Waals surface area contributed by atoms with Crippen LogP contribution in [0.1, 0.15) is 36.8 Å². The van der Waals surface area contributed by atoms with Gasteiger partial charge in [-0.3, -0.25) is 4.90 Å². The van der Waals surface area contributed by atoms with Crippen molar-refractivity contribution < 1.29 is 0 Å². The molecule has 1 aromatic carbocycles. The predicted octanol–water partition coefficient (Wildman–Crippen LogP) is 2.40. The fourth-order valence-corrected chi connectivity index (χ4v) is 3.47. The van der Waals surface area contributed by atoms with Crippen LogP contribution >= 0.6 is 0 Å². The zero-order chi connectivity index (χ0) is 12.4. The van der Waals surface area contributed by atoms with Crippen molar-refractivity contribution in [1.82, 2.24) is 10.2 Å². The number of fused-ring (bicyclic) bond motifs is 1. The highest BCUT2D eigenvalue weighted by molar-refractivity contribution is 5.40. The summed E-state index contributed by atoms with van der Waals surface area (Å²) in [5.74, 6) is 0.790. The van der Waals surface area contributed by atoms with Gasteiger partial charge >= 0.3 is 0 Å². The number of hydrogen-bond acceptors (Lipinski definition) is 2. The van der Waals surface area contributed by atoms with Crippen LogP contribution in [-0.2, 0) is 6.42 Å². The molecular formula is C16H24N2. The molecule has 2 nitrogen and oxygen atoms in total. The Bertz CT molecular complexity index is 400. The minimum atomic E-state index is 0.761. The van der Waals surface area contributed by atoms with E-state index in [-0.39, 0.29) is 0 Å². The summed E-state index contributed by atoms with van der Waals surface area (Å²) >= 11 is 0. The lowest BCUT2D eigenvalue weighted by atomic mass is 9.77. The molecule has 2 heteroatoms. The van der Waals surface area contributed by atoms with E-state index in [2.05, 4.69) is 41.4 Å². The van der Waals surface area contributed by atoms with Gasteiger partial charge in [0.25, 0.3) is 0 Å². The van der Waals surface area contributed by atoms with Crippen LogP contribution in [0.25, 0.3) is 0 Å². The monoisotopic (exact) mass is 244 g/mol. The maximum atomic E-state index is 3.54. The van der Waals surface area contributed by atoms with Crippen LogP contribution in [0.5, 0.6) is 0 Å². The lowest BCUT2D eigenvalue weighted by molar-refractivity contribution is 0.139. The lowest BCUT2D eigenvalue weighted by Gasteiger charge is -2.41. The number of nitrogens with zero attached hydrogens (tertiary/aromatic N) is 1. The van der Waals surface area contributed by atoms with Crippen molar-refractivity contribution in [2.75, 3.05) is 26.2 Å². The Labute approximate surface area is 110 Å². The Morgan fingerprint density at radius 3 is 3.06 bits per heavy atom. The van der Waals surface area contributed by atoms with E-state index in [1.165, 1.54) is 38.9 Å². The van der Waals surface area contributed by atoms with Gasteiger partial charge in [0.05, 0.1) is 0 Å². The van der Waals surface area contributed by atoms with Crippen molar-refractivity contribution in [3.05, 3.63) is 35.4 Å². The molecular weight excluding hydrogens is 220 g/mol. The van der Waals surface area contributed by atoms with Crippen LogP contribution < -0.4 is 5.32 Å². The minimum Gasteiger partial charge on any atom is -0.314 e. The Morgan fingerprint density at radius 1 is 1.33 bits per heavy atom. The van der Waals surface area contributed by atoms with Crippen LogP contribution in [0.2, 0.25) is 0 Å². The zero-order valence-electron chi connectivity index (χ0n) is 11.4. The molecule has 3 rings (SSSR count). The maximum Gasteiger partial charge on any atom is 0.0221 e. The molecule has 18 heavy (non-hydrogen) atoms. The summed E-state index contributed by atoms with van der Waals surface area (Å²) < 4.78 is 0. The van der Waals surface area contributed by atoms with Crippen LogP contribution in [0.3, 0.4) is 0 Å². The van der Waals surface area contributed by atoms with Crippen LogP contribution in [-0.4, -0.2) is 37.1 Å². The van der Waals surface area contributed by atoms with Gasteiger partial charge in [0.15, 0.2) is 0 Å². The molecule has 0 radical (unpaired) electrons. The summed E-state index contributed by atoms with van der Waals surface area (Å²) in [7, 11) is 0. The van der Waals surface area contributed by atoms with Crippen molar-refractivity contribution in [3.8, 4) is 0 Å². The minimum absolute atomic E-state index is 0.761. The first-order valence-electron chi connectivity index (χ1n) is 7.41. The van der Waals surface area contributed by atoms with Crippen molar-refractivity contribution in [2.24, 2.45) is 0 Å². The maximum absolute atomic E-state index is 3.54. The van der Waals surface area contributed by atoms with E-state index < -0.39 is 0 Å². The number of benzene rings is 1. The summed E-state index contributed by atoms with van der Waals surface area (Å²) in [4.78, 5) is 2.72. The van der Waals surface area contributed by atoms with Crippen LogP contribution in [0, 0.1) is 0 Å². The molecule has 1 fully saturated rings. The average Bonchev–Trinajstić information content (AvgIpc) is 2.38. The van der Waals surface area contributed by atoms with Crippen molar-refractivity contribution in [1.29, 1.82) is 0 Å². The number of hydrogen-bond donors (Lipinski definition) is 1. The molecule has 1 N–H and O–H groups in total. The summed E-state index contributed by atoms with van der Waals surface area (Å²) in [5, 5.41) is 3.54. The molecule has 98 valence electrons. The first-order chi connectivity index (χ1) is 8.88. The van der Waals surface area contributed by atoms with Gasteiger partial charge in [0, 0.05) is 38.1 Å². The quantitative estimate of drug-likeness (QED) is 0.875. The third-order valence-corrected chi connectivity index (χ3v) is 4.51. The van der Waals surface area contributed by atoms with E-state index in [0.717, 1.165) is 18.5 Å². The largest absolute Gasteiger partial charge is 0.314 e. The third kappa shape index (κ3) is 2.32. The van der Waals surface area contributed by atoms with Crippen molar-refractivity contribution in [2.45, 2.75) is 38.1 Å². The third-order valence-electron chi connectivity index (χ3n) is 4.51. The van der Waals surface area contributed by atoms with E-state index in [4.69, 9.17) is 0 Å². The van der Waals surface area contributed by atoms with E-state index in [9.17, 15) is 0 Å². The molecule has 1 aliphatic heterocycles. The zero-order valence-corrected chi connectivity index (χ0v) is 11.4. The summed E-state index contributed by atoms with van der Waals surface area (Å²) in [6.45, 7) is 7.13. The first kappa shape index (κ1) is 12.2. The van der Waals surface area contributed by atoms with Gasteiger partial charge in [0.1, 0.15) is 0 Å². The fourth-order valence-electron chi connectivity index (χ4n) is 3.47. The van der Waals surface area contributed by atoms with Gasteiger partial charge in [-0.15, -0.1) is 0 Å². The standard InChI is InChI=1S/C16H24N2/c1-2-5-15-11-17-8-9-18(15)12-14-10-13-6-3-4-7-16(13)14/h3-4,6-7,14-15,17H,2,5,8-12H2,1H3. The summed E-state index contributed by atoms with van der Waals surface area (Å²) in [6, 6.07) is 9.72. The van der Waals surface area contributed by atoms with Gasteiger partial charge in [-0.25, -0.2) is 0 Å². The molecule has 2 aliphatic rings. The van der Waals surface area contributed by atoms with Gasteiger partial charge in [-0.2, -0.15) is 0 Å². The molecule has 2 unspecified atom stereocenters. The van der Waals surface area contributed by atoms with E-state index in [1.807, 2.05) is 0 Å². The van der Waals surface area contributed by atoms with Crippen LogP contribution in [0.4, 0.5) is 0 Å². The topological polar surface area (TPSA) is 15.3 Å². The normalized spacial score (nSPS) is 27.6. The Balaban J connectivity index is 1.62. The van der Waals surface area contributed by atoms with E-state index in [1.54, 1.807) is 11.1 Å². The molecule has 1 aromatic rings. The summed E-state index contributed by atoms with van der Waals surface area (Å²) in [6.07, 6.45) is 3.92. The molecule has 0 spiro atoms. The fraction of sp³-hybridized carbons (Fsp3) is 0.625. The van der Waals surface area contributed by atoms with Crippen molar-refractivity contribution >= 4 is 0 Å². The smallest absolute Gasteiger partial charge is 0.0221 e. The Hall–Kier alpha value is -0.860. The molecule has 0 saturated carbocycles. The predicted molar refractivity (Wildman–Crippen MR) is 76.0 cm³/mol. The van der Waals surface area contributed by atoms with E-state index >= 15 is 0 Å². The molecule has 0 aromatic heterocycles. The second-order valence-electron chi connectivity index (χ2n) is 5.74. The molecule has 1 heterocycles. The lowest BCUT2D eigenvalue weighted by Crippen LogP contribution is -2.52. The summed E-state index contributed by atoms with van der Waals surface area (Å²) in [5.41, 5.74) is 3.18. The second-order valence-corrected chi connectivity index (χ2v) is 5.74. The average molecular weight is 244 g/mol. The van der Waals surface area contributed by atoms with Gasteiger partial charge in [-0.1, -0.05) is 37.6 Å². The SMILES string of the molecule is CCCC1CNCCN1CC1Cc2ccccc21. The molecule has 1 aliphatic carbocycles. The highest BCUT2D eigenvalue weighted by Gasteiger charge is 2.30. The second kappa shape index (κ2) is 5.41. The highest BCUT2D eigenvalue weighted by Crippen LogP contribution is 2.35. The molecule has 2 atom stereocenters. The van der Waals surface area contributed by atoms with Crippen molar-refractivity contribution in [3.63, 3.8) is 0 Å². The number of nitrogens with one attached hydrogen (secondary N) is 1. The first-order valence-corrected chi connectivity index (χ1v) is 7.41. The molecule has 0 bridgehead atoms. The number of piperazine rings is 1. The molecule has 0 amide bonds. The number of rotatable bonds is 4. The Kier molecular flexibility index (Phi) is 3.67. The Morgan fingerprint density at radius 2 is 2.22 bits per heavy atom. The highest BCUT2D eigenvalue weighted by atomic mass is 15.2. The molecule has 1 saturated heterocycles. The van der Waals surface area contributed by atoms with E-state index in [0.29, 0.717) is 0 Å². The van der Waals surface area contributed by atoms with Crippen LogP contribution in [0.15, 0.2) is 24.3 Å². The van der Waals surface area contributed by atoms with Gasteiger partial charge in [0.2, 0.25) is 0 Å². The van der Waals surface area contributed by atoms with Gasteiger partial charge in [-0.05, 0) is 24.0 Å². The van der Waals surface area contributed by atoms with Gasteiger partial charge < -0.3 is 5.32 Å².